The summed E-state index contributed by atoms with van der Waals surface area (Å²) in [5.74, 6) is 0.284. The molecule has 0 saturated carbocycles. The highest BCUT2D eigenvalue weighted by atomic mass is 127. The highest BCUT2D eigenvalue weighted by molar-refractivity contribution is 14.1. The van der Waals surface area contributed by atoms with Crippen molar-refractivity contribution in [3.8, 4) is 0 Å². The summed E-state index contributed by atoms with van der Waals surface area (Å²) < 4.78 is 29.1. The van der Waals surface area contributed by atoms with Gasteiger partial charge in [-0.3, -0.25) is 4.72 Å². The van der Waals surface area contributed by atoms with Gasteiger partial charge in [-0.2, -0.15) is 13.1 Å². The Kier molecular flexibility index (Phi) is 5.00. The number of nitrogens with one attached hydrogen (secondary N) is 2. The van der Waals surface area contributed by atoms with Gasteiger partial charge in [-0.15, -0.1) is 0 Å². The zero-order chi connectivity index (χ0) is 12.2. The number of para-hydroxylation sites is 1. The summed E-state index contributed by atoms with van der Waals surface area (Å²) in [5.41, 5.74) is 0.597. The van der Waals surface area contributed by atoms with Crippen molar-refractivity contribution in [3.05, 3.63) is 27.8 Å². The molecule has 0 aromatic heterocycles. The lowest BCUT2D eigenvalue weighted by atomic mass is 10.2. The number of anilines is 1. The van der Waals surface area contributed by atoms with Gasteiger partial charge in [0.1, 0.15) is 0 Å². The van der Waals surface area contributed by atoms with E-state index in [1.807, 2.05) is 26.0 Å². The molecule has 0 aliphatic rings. The van der Waals surface area contributed by atoms with E-state index in [1.54, 1.807) is 12.1 Å². The minimum Gasteiger partial charge on any atom is -0.270 e. The van der Waals surface area contributed by atoms with Gasteiger partial charge in [0.25, 0.3) is 10.2 Å². The molecule has 90 valence electrons. The summed E-state index contributed by atoms with van der Waals surface area (Å²) in [7, 11) is -3.46. The van der Waals surface area contributed by atoms with Crippen molar-refractivity contribution in [1.82, 2.24) is 4.72 Å². The summed E-state index contributed by atoms with van der Waals surface area (Å²) in [6, 6.07) is 7.24. The standard InChI is InChI=1S/C10H15IN2O2S/c1-8(2)7-12-16(14,15)13-10-6-4-3-5-9(10)11/h3-6,8,12-13H,7H2,1-2H3. The van der Waals surface area contributed by atoms with Crippen molar-refractivity contribution in [3.63, 3.8) is 0 Å². The molecule has 1 aromatic rings. The number of halogens is 1. The van der Waals surface area contributed by atoms with Crippen molar-refractivity contribution >= 4 is 38.5 Å². The lowest BCUT2D eigenvalue weighted by molar-refractivity contribution is 0.565. The molecule has 0 atom stereocenters. The van der Waals surface area contributed by atoms with E-state index < -0.39 is 10.2 Å². The molecule has 4 nitrogen and oxygen atoms in total. The van der Waals surface area contributed by atoms with Gasteiger partial charge >= 0.3 is 0 Å². The van der Waals surface area contributed by atoms with E-state index in [9.17, 15) is 8.42 Å². The number of benzene rings is 1. The van der Waals surface area contributed by atoms with Crippen molar-refractivity contribution in [2.75, 3.05) is 11.3 Å². The van der Waals surface area contributed by atoms with Gasteiger partial charge in [-0.1, -0.05) is 26.0 Å². The minimum atomic E-state index is -3.46. The number of rotatable bonds is 5. The monoisotopic (exact) mass is 354 g/mol. The Hall–Kier alpha value is -0.340. The van der Waals surface area contributed by atoms with Gasteiger partial charge in [0.2, 0.25) is 0 Å². The quantitative estimate of drug-likeness (QED) is 0.797. The van der Waals surface area contributed by atoms with Crippen LogP contribution in [0.4, 0.5) is 5.69 Å². The molecule has 1 aromatic carbocycles. The van der Waals surface area contributed by atoms with Crippen LogP contribution in [0.3, 0.4) is 0 Å². The first-order valence-electron chi connectivity index (χ1n) is 4.92. The SMILES string of the molecule is CC(C)CNS(=O)(=O)Nc1ccccc1I. The predicted octanol–water partition coefficient (Wildman–Crippen LogP) is 2.19. The predicted molar refractivity (Wildman–Crippen MR) is 74.5 cm³/mol. The van der Waals surface area contributed by atoms with Crippen LogP contribution in [0, 0.1) is 9.49 Å². The second-order valence-corrected chi connectivity index (χ2v) is 6.49. The largest absolute Gasteiger partial charge is 0.299 e. The third-order valence-corrected chi connectivity index (χ3v) is 3.78. The first-order chi connectivity index (χ1) is 7.41. The van der Waals surface area contributed by atoms with E-state index in [0.717, 1.165) is 3.57 Å². The molecule has 0 aliphatic carbocycles. The fraction of sp³-hybridized carbons (Fsp3) is 0.400. The third kappa shape index (κ3) is 4.67. The molecular weight excluding hydrogens is 339 g/mol. The molecule has 0 aliphatic heterocycles. The molecule has 0 spiro atoms. The Morgan fingerprint density at radius 1 is 1.31 bits per heavy atom. The maximum atomic E-state index is 11.6. The Bertz CT molecular complexity index is 446. The zero-order valence-electron chi connectivity index (χ0n) is 9.20. The van der Waals surface area contributed by atoms with Crippen molar-refractivity contribution in [2.45, 2.75) is 13.8 Å². The molecule has 16 heavy (non-hydrogen) atoms. The summed E-state index contributed by atoms with van der Waals surface area (Å²) in [5, 5.41) is 0. The van der Waals surface area contributed by atoms with Crippen LogP contribution < -0.4 is 9.44 Å². The Balaban J connectivity index is 2.70. The lowest BCUT2D eigenvalue weighted by Crippen LogP contribution is -2.33. The van der Waals surface area contributed by atoms with Crippen LogP contribution in [0.1, 0.15) is 13.8 Å². The molecule has 0 bridgehead atoms. The average molecular weight is 354 g/mol. The topological polar surface area (TPSA) is 58.2 Å². The maximum absolute atomic E-state index is 11.6. The van der Waals surface area contributed by atoms with E-state index in [0.29, 0.717) is 12.2 Å². The Morgan fingerprint density at radius 2 is 1.94 bits per heavy atom. The summed E-state index contributed by atoms with van der Waals surface area (Å²) in [4.78, 5) is 0. The lowest BCUT2D eigenvalue weighted by Gasteiger charge is -2.11. The van der Waals surface area contributed by atoms with Crippen molar-refractivity contribution < 1.29 is 8.42 Å². The molecule has 0 heterocycles. The van der Waals surface area contributed by atoms with Gasteiger partial charge in [-0.05, 0) is 40.6 Å². The highest BCUT2D eigenvalue weighted by Gasteiger charge is 2.11. The van der Waals surface area contributed by atoms with E-state index in [4.69, 9.17) is 0 Å². The van der Waals surface area contributed by atoms with Crippen molar-refractivity contribution in [1.29, 1.82) is 0 Å². The fourth-order valence-electron chi connectivity index (χ4n) is 1.00. The molecule has 2 N–H and O–H groups in total. The fourth-order valence-corrected chi connectivity index (χ4v) is 2.80. The molecule has 0 fully saturated rings. The second kappa shape index (κ2) is 5.83. The normalized spacial score (nSPS) is 11.8. The van der Waals surface area contributed by atoms with Gasteiger partial charge in [-0.25, -0.2) is 0 Å². The van der Waals surface area contributed by atoms with E-state index in [2.05, 4.69) is 32.0 Å². The molecular formula is C10H15IN2O2S. The van der Waals surface area contributed by atoms with Crippen molar-refractivity contribution in [2.24, 2.45) is 5.92 Å². The summed E-state index contributed by atoms with van der Waals surface area (Å²) >= 11 is 2.09. The van der Waals surface area contributed by atoms with Gasteiger partial charge in [0, 0.05) is 10.1 Å². The van der Waals surface area contributed by atoms with Crippen LogP contribution in [0.15, 0.2) is 24.3 Å². The smallest absolute Gasteiger partial charge is 0.270 e. The molecule has 0 radical (unpaired) electrons. The van der Waals surface area contributed by atoms with Gasteiger partial charge < -0.3 is 0 Å². The highest BCUT2D eigenvalue weighted by Crippen LogP contribution is 2.17. The van der Waals surface area contributed by atoms with E-state index in [1.165, 1.54) is 0 Å². The zero-order valence-corrected chi connectivity index (χ0v) is 12.2. The van der Waals surface area contributed by atoms with Crippen LogP contribution >= 0.6 is 22.6 Å². The van der Waals surface area contributed by atoms with E-state index in [-0.39, 0.29) is 5.92 Å². The molecule has 0 saturated heterocycles. The third-order valence-electron chi connectivity index (χ3n) is 1.80. The van der Waals surface area contributed by atoms with Crippen LogP contribution in [0.2, 0.25) is 0 Å². The first kappa shape index (κ1) is 13.7. The Morgan fingerprint density at radius 3 is 2.50 bits per heavy atom. The molecule has 0 amide bonds. The Labute approximate surface area is 110 Å². The average Bonchev–Trinajstić information content (AvgIpc) is 2.19. The summed E-state index contributed by atoms with van der Waals surface area (Å²) in [6.45, 7) is 4.34. The van der Waals surface area contributed by atoms with Crippen LogP contribution in [-0.4, -0.2) is 15.0 Å². The maximum Gasteiger partial charge on any atom is 0.299 e. The van der Waals surface area contributed by atoms with Crippen LogP contribution in [-0.2, 0) is 10.2 Å². The molecule has 0 unspecified atom stereocenters. The molecule has 6 heteroatoms. The van der Waals surface area contributed by atoms with E-state index >= 15 is 0 Å². The molecule has 1 rings (SSSR count). The van der Waals surface area contributed by atoms with Gasteiger partial charge in [0.05, 0.1) is 5.69 Å². The minimum absolute atomic E-state index is 0.284. The van der Waals surface area contributed by atoms with Gasteiger partial charge in [0.15, 0.2) is 0 Å². The van der Waals surface area contributed by atoms with Crippen LogP contribution in [0.25, 0.3) is 0 Å². The van der Waals surface area contributed by atoms with Crippen LogP contribution in [0.5, 0.6) is 0 Å². The number of hydrogen-bond donors (Lipinski definition) is 2. The first-order valence-corrected chi connectivity index (χ1v) is 7.49. The summed E-state index contributed by atoms with van der Waals surface area (Å²) in [6.07, 6.45) is 0. The second-order valence-electron chi connectivity index (χ2n) is 3.83. The number of hydrogen-bond acceptors (Lipinski definition) is 2.